The molecule has 0 spiro atoms. The molecule has 21 heavy (non-hydrogen) atoms. The molecular weight excluding hydrogens is 274 g/mol. The first-order valence-corrected chi connectivity index (χ1v) is 8.41. The molecule has 108 valence electrons. The second-order valence-electron chi connectivity index (χ2n) is 5.38. The van der Waals surface area contributed by atoms with Crippen LogP contribution in [-0.2, 0) is 0 Å². The van der Waals surface area contributed by atoms with Gasteiger partial charge < -0.3 is 5.32 Å². The van der Waals surface area contributed by atoms with Gasteiger partial charge in [0.15, 0.2) is 0 Å². The molecule has 0 saturated carbocycles. The first-order valence-electron chi connectivity index (χ1n) is 7.53. The molecule has 0 aliphatic rings. The van der Waals surface area contributed by atoms with Crippen molar-refractivity contribution in [3.8, 4) is 0 Å². The fourth-order valence-corrected chi connectivity index (χ4v) is 4.17. The van der Waals surface area contributed by atoms with Crippen LogP contribution in [0.4, 0.5) is 0 Å². The smallest absolute Gasteiger partial charge is 0.0401 e. The van der Waals surface area contributed by atoms with Crippen LogP contribution in [-0.4, -0.2) is 7.05 Å². The first kappa shape index (κ1) is 14.3. The number of benzene rings is 2. The normalized spacial score (nSPS) is 14.2. The van der Waals surface area contributed by atoms with Crippen molar-refractivity contribution in [3.63, 3.8) is 0 Å². The van der Waals surface area contributed by atoms with E-state index < -0.39 is 0 Å². The lowest BCUT2D eigenvalue weighted by Crippen LogP contribution is -2.23. The van der Waals surface area contributed by atoms with Crippen LogP contribution in [0.1, 0.15) is 36.4 Å². The van der Waals surface area contributed by atoms with E-state index >= 15 is 0 Å². The molecule has 3 aromatic rings. The Hall–Kier alpha value is -1.64. The van der Waals surface area contributed by atoms with Crippen molar-refractivity contribution in [2.75, 3.05) is 7.05 Å². The Labute approximate surface area is 130 Å². The third-order valence-corrected chi connectivity index (χ3v) is 5.21. The molecule has 2 heteroatoms. The van der Waals surface area contributed by atoms with E-state index in [1.54, 1.807) is 0 Å². The fraction of sp³-hybridized carbons (Fsp3) is 0.263. The van der Waals surface area contributed by atoms with E-state index in [0.717, 1.165) is 6.42 Å². The van der Waals surface area contributed by atoms with Gasteiger partial charge in [-0.25, -0.2) is 0 Å². The highest BCUT2D eigenvalue weighted by atomic mass is 32.1. The van der Waals surface area contributed by atoms with Crippen LogP contribution in [0, 0.1) is 0 Å². The van der Waals surface area contributed by atoms with Crippen LogP contribution >= 0.6 is 11.3 Å². The van der Waals surface area contributed by atoms with E-state index in [4.69, 9.17) is 0 Å². The van der Waals surface area contributed by atoms with Gasteiger partial charge in [-0.1, -0.05) is 55.5 Å². The van der Waals surface area contributed by atoms with Crippen LogP contribution in [0.25, 0.3) is 10.1 Å². The molecule has 3 rings (SSSR count). The van der Waals surface area contributed by atoms with Gasteiger partial charge in [0, 0.05) is 16.7 Å². The van der Waals surface area contributed by atoms with Crippen molar-refractivity contribution in [2.45, 2.75) is 25.3 Å². The van der Waals surface area contributed by atoms with E-state index in [0.29, 0.717) is 12.0 Å². The molecule has 1 aromatic heterocycles. The number of hydrogen-bond donors (Lipinski definition) is 1. The summed E-state index contributed by atoms with van der Waals surface area (Å²) in [5.74, 6) is 0.495. The van der Waals surface area contributed by atoms with Crippen molar-refractivity contribution >= 4 is 21.4 Å². The summed E-state index contributed by atoms with van der Waals surface area (Å²) in [6.45, 7) is 2.27. The van der Waals surface area contributed by atoms with Crippen LogP contribution in [0.3, 0.4) is 0 Å². The average Bonchev–Trinajstić information content (AvgIpc) is 2.97. The van der Waals surface area contributed by atoms with Crippen LogP contribution in [0.2, 0.25) is 0 Å². The minimum atomic E-state index is 0.355. The molecule has 2 aromatic carbocycles. The lowest BCUT2D eigenvalue weighted by molar-refractivity contribution is 0.471. The Bertz CT molecular complexity index is 702. The Balaban J connectivity index is 2.04. The topological polar surface area (TPSA) is 12.0 Å². The molecular formula is C19H21NS. The standard InChI is InChI=1S/C19H21NS/c1-3-15(14-9-5-4-6-10-14)19(20-2)17-13-21-18-12-8-7-11-16(17)18/h4-13,15,19-20H,3H2,1-2H3. The molecule has 1 heterocycles. The zero-order chi connectivity index (χ0) is 14.7. The molecule has 0 aliphatic heterocycles. The van der Waals surface area contributed by atoms with E-state index in [9.17, 15) is 0 Å². The van der Waals surface area contributed by atoms with Gasteiger partial charge in [0.05, 0.1) is 0 Å². The molecule has 0 radical (unpaired) electrons. The SMILES string of the molecule is CCC(c1ccccc1)C(NC)c1csc2ccccc12. The monoisotopic (exact) mass is 295 g/mol. The Morgan fingerprint density at radius 1 is 1.00 bits per heavy atom. The van der Waals surface area contributed by atoms with Crippen LogP contribution in [0.5, 0.6) is 0 Å². The number of hydrogen-bond acceptors (Lipinski definition) is 2. The minimum Gasteiger partial charge on any atom is -0.312 e. The van der Waals surface area contributed by atoms with Crippen molar-refractivity contribution in [2.24, 2.45) is 0 Å². The molecule has 0 saturated heterocycles. The number of thiophene rings is 1. The molecule has 0 amide bonds. The maximum absolute atomic E-state index is 3.55. The van der Waals surface area contributed by atoms with E-state index in [1.165, 1.54) is 21.2 Å². The minimum absolute atomic E-state index is 0.355. The number of likely N-dealkylation sites (N-methyl/N-ethyl adjacent to an activating group) is 1. The summed E-state index contributed by atoms with van der Waals surface area (Å²) >= 11 is 1.84. The highest BCUT2D eigenvalue weighted by Crippen LogP contribution is 2.38. The molecule has 2 unspecified atom stereocenters. The molecule has 1 nitrogen and oxygen atoms in total. The van der Waals surface area contributed by atoms with E-state index in [2.05, 4.69) is 79.3 Å². The molecule has 0 bridgehead atoms. The van der Waals surface area contributed by atoms with Crippen LogP contribution < -0.4 is 5.32 Å². The zero-order valence-electron chi connectivity index (χ0n) is 12.5. The Morgan fingerprint density at radius 2 is 1.71 bits per heavy atom. The third-order valence-electron chi connectivity index (χ3n) is 4.23. The van der Waals surface area contributed by atoms with Gasteiger partial charge >= 0.3 is 0 Å². The lowest BCUT2D eigenvalue weighted by Gasteiger charge is -2.26. The van der Waals surface area contributed by atoms with Gasteiger partial charge in [-0.3, -0.25) is 0 Å². The quantitative estimate of drug-likeness (QED) is 0.668. The first-order chi connectivity index (χ1) is 10.3. The largest absolute Gasteiger partial charge is 0.312 e. The zero-order valence-corrected chi connectivity index (χ0v) is 13.4. The average molecular weight is 295 g/mol. The van der Waals surface area contributed by atoms with Crippen molar-refractivity contribution in [1.82, 2.24) is 5.32 Å². The maximum Gasteiger partial charge on any atom is 0.0401 e. The molecule has 2 atom stereocenters. The predicted octanol–water partition coefficient (Wildman–Crippen LogP) is 5.36. The Kier molecular flexibility index (Phi) is 4.37. The number of fused-ring (bicyclic) bond motifs is 1. The summed E-state index contributed by atoms with van der Waals surface area (Å²) in [6, 6.07) is 19.9. The summed E-state index contributed by atoms with van der Waals surface area (Å²) in [4.78, 5) is 0. The number of rotatable bonds is 5. The second kappa shape index (κ2) is 6.42. The highest BCUT2D eigenvalue weighted by Gasteiger charge is 2.24. The summed E-state index contributed by atoms with van der Waals surface area (Å²) in [6.07, 6.45) is 1.12. The van der Waals surface area contributed by atoms with Gasteiger partial charge in [-0.15, -0.1) is 11.3 Å². The van der Waals surface area contributed by atoms with Crippen molar-refractivity contribution < 1.29 is 0 Å². The van der Waals surface area contributed by atoms with Crippen LogP contribution in [0.15, 0.2) is 60.0 Å². The number of nitrogens with one attached hydrogen (secondary N) is 1. The van der Waals surface area contributed by atoms with E-state index in [-0.39, 0.29) is 0 Å². The van der Waals surface area contributed by atoms with Gasteiger partial charge in [0.25, 0.3) is 0 Å². The van der Waals surface area contributed by atoms with Crippen molar-refractivity contribution in [1.29, 1.82) is 0 Å². The van der Waals surface area contributed by atoms with Gasteiger partial charge in [-0.2, -0.15) is 0 Å². The fourth-order valence-electron chi connectivity index (χ4n) is 3.18. The summed E-state index contributed by atoms with van der Waals surface area (Å²) in [7, 11) is 2.07. The Morgan fingerprint density at radius 3 is 2.43 bits per heavy atom. The molecule has 0 aliphatic carbocycles. The highest BCUT2D eigenvalue weighted by molar-refractivity contribution is 7.17. The summed E-state index contributed by atoms with van der Waals surface area (Å²) in [5.41, 5.74) is 2.84. The molecule has 1 N–H and O–H groups in total. The van der Waals surface area contributed by atoms with Gasteiger partial charge in [-0.05, 0) is 41.4 Å². The second-order valence-corrected chi connectivity index (χ2v) is 6.29. The predicted molar refractivity (Wildman–Crippen MR) is 93.1 cm³/mol. The van der Waals surface area contributed by atoms with Gasteiger partial charge in [0.2, 0.25) is 0 Å². The summed E-state index contributed by atoms with van der Waals surface area (Å²) in [5, 5.41) is 7.26. The summed E-state index contributed by atoms with van der Waals surface area (Å²) < 4.78 is 1.37. The van der Waals surface area contributed by atoms with Gasteiger partial charge in [0.1, 0.15) is 0 Å². The van der Waals surface area contributed by atoms with Crippen molar-refractivity contribution in [3.05, 3.63) is 71.1 Å². The third kappa shape index (κ3) is 2.74. The molecule has 0 fully saturated rings. The maximum atomic E-state index is 3.55. The van der Waals surface area contributed by atoms with E-state index in [1.807, 2.05) is 11.3 Å². The lowest BCUT2D eigenvalue weighted by atomic mass is 9.85.